The second-order valence-corrected chi connectivity index (χ2v) is 8.10. The van der Waals surface area contributed by atoms with Crippen LogP contribution in [-0.2, 0) is 13.1 Å². The number of halogens is 2. The maximum atomic E-state index is 13.1. The van der Waals surface area contributed by atoms with Crippen LogP contribution in [0.25, 0.3) is 11.2 Å². The van der Waals surface area contributed by atoms with Gasteiger partial charge in [0.15, 0.2) is 5.65 Å². The number of carbonyl (C=O) groups excluding carboxylic acids is 1. The first-order chi connectivity index (χ1) is 13.6. The lowest BCUT2D eigenvalue weighted by atomic mass is 10.2. The summed E-state index contributed by atoms with van der Waals surface area (Å²) in [6.45, 7) is 4.04. The molecule has 2 aromatic heterocycles. The molecule has 0 bridgehead atoms. The van der Waals surface area contributed by atoms with Crippen LogP contribution in [0.1, 0.15) is 42.4 Å². The van der Waals surface area contributed by atoms with Crippen LogP contribution >= 0.6 is 23.2 Å². The number of hydrogen-bond donors (Lipinski definition) is 0. The van der Waals surface area contributed by atoms with E-state index in [9.17, 15) is 4.79 Å². The summed E-state index contributed by atoms with van der Waals surface area (Å²) in [6, 6.07) is 8.87. The van der Waals surface area contributed by atoms with Crippen LogP contribution in [0.15, 0.2) is 36.5 Å². The van der Waals surface area contributed by atoms with Crippen LogP contribution in [0.2, 0.25) is 10.0 Å². The standard InChI is InChI=1S/C21H22Cl2N4O/c1-2-10-26(21(28)15-7-8-16(22)17(23)11-15)13-19-25-18-4-3-9-24-20(18)27(19)12-14-5-6-14/h3-4,7-9,11,14H,2,5-6,10,12-13H2,1H3. The van der Waals surface area contributed by atoms with E-state index in [0.717, 1.165) is 30.0 Å². The normalized spacial score (nSPS) is 13.8. The molecule has 2 heterocycles. The Kier molecular flexibility index (Phi) is 5.56. The van der Waals surface area contributed by atoms with Crippen molar-refractivity contribution in [3.63, 3.8) is 0 Å². The van der Waals surface area contributed by atoms with Crippen LogP contribution in [0.3, 0.4) is 0 Å². The summed E-state index contributed by atoms with van der Waals surface area (Å²) in [4.78, 5) is 24.3. The Morgan fingerprint density at radius 2 is 2.07 bits per heavy atom. The van der Waals surface area contributed by atoms with Crippen molar-refractivity contribution in [3.05, 3.63) is 58.0 Å². The van der Waals surface area contributed by atoms with Crippen LogP contribution in [0, 0.1) is 5.92 Å². The Hall–Kier alpha value is -2.11. The maximum Gasteiger partial charge on any atom is 0.254 e. The summed E-state index contributed by atoms with van der Waals surface area (Å²) in [6.07, 6.45) is 5.13. The Morgan fingerprint density at radius 3 is 2.79 bits per heavy atom. The molecule has 1 aliphatic rings. The molecule has 0 aliphatic heterocycles. The molecule has 0 radical (unpaired) electrons. The topological polar surface area (TPSA) is 51.0 Å². The summed E-state index contributed by atoms with van der Waals surface area (Å²) in [5, 5.41) is 0.826. The predicted molar refractivity (Wildman–Crippen MR) is 112 cm³/mol. The largest absolute Gasteiger partial charge is 0.331 e. The molecular weight excluding hydrogens is 395 g/mol. The summed E-state index contributed by atoms with van der Waals surface area (Å²) in [5.74, 6) is 1.49. The number of carbonyl (C=O) groups is 1. The van der Waals surface area contributed by atoms with Gasteiger partial charge in [-0.05, 0) is 55.5 Å². The summed E-state index contributed by atoms with van der Waals surface area (Å²) in [5.41, 5.74) is 2.30. The van der Waals surface area contributed by atoms with E-state index in [0.29, 0.717) is 34.6 Å². The van der Waals surface area contributed by atoms with Gasteiger partial charge < -0.3 is 9.47 Å². The lowest BCUT2D eigenvalue weighted by Crippen LogP contribution is -2.32. The van der Waals surface area contributed by atoms with Gasteiger partial charge in [0, 0.05) is 24.8 Å². The van der Waals surface area contributed by atoms with Crippen LogP contribution in [0.4, 0.5) is 0 Å². The van der Waals surface area contributed by atoms with E-state index in [-0.39, 0.29) is 5.91 Å². The van der Waals surface area contributed by atoms with Gasteiger partial charge in [-0.25, -0.2) is 9.97 Å². The molecule has 4 rings (SSSR count). The van der Waals surface area contributed by atoms with Gasteiger partial charge in [0.2, 0.25) is 0 Å². The zero-order valence-corrected chi connectivity index (χ0v) is 17.2. The molecule has 3 aromatic rings. The second kappa shape index (κ2) is 8.10. The molecule has 1 amide bonds. The van der Waals surface area contributed by atoms with E-state index in [1.807, 2.05) is 17.0 Å². The summed E-state index contributed by atoms with van der Waals surface area (Å²) < 4.78 is 2.18. The minimum Gasteiger partial charge on any atom is -0.331 e. The molecule has 1 saturated carbocycles. The third-order valence-corrected chi connectivity index (χ3v) is 5.74. The lowest BCUT2D eigenvalue weighted by Gasteiger charge is -2.22. The molecule has 5 nitrogen and oxygen atoms in total. The van der Waals surface area contributed by atoms with Crippen molar-refractivity contribution >= 4 is 40.3 Å². The van der Waals surface area contributed by atoms with Crippen molar-refractivity contribution in [2.75, 3.05) is 6.54 Å². The highest BCUT2D eigenvalue weighted by Gasteiger charge is 2.26. The summed E-state index contributed by atoms with van der Waals surface area (Å²) >= 11 is 12.1. The molecule has 146 valence electrons. The molecule has 1 aliphatic carbocycles. The Labute approximate surface area is 174 Å². The van der Waals surface area contributed by atoms with Gasteiger partial charge in [0.1, 0.15) is 11.3 Å². The second-order valence-electron chi connectivity index (χ2n) is 7.28. The Bertz CT molecular complexity index is 1010. The van der Waals surface area contributed by atoms with Crippen LogP contribution in [-0.4, -0.2) is 31.9 Å². The van der Waals surface area contributed by atoms with Gasteiger partial charge >= 0.3 is 0 Å². The molecular formula is C21H22Cl2N4O. The Morgan fingerprint density at radius 1 is 1.25 bits per heavy atom. The number of fused-ring (bicyclic) bond motifs is 1. The van der Waals surface area contributed by atoms with E-state index < -0.39 is 0 Å². The van der Waals surface area contributed by atoms with Crippen molar-refractivity contribution in [1.82, 2.24) is 19.4 Å². The minimum absolute atomic E-state index is 0.0709. The van der Waals surface area contributed by atoms with Crippen LogP contribution < -0.4 is 0 Å². The van der Waals surface area contributed by atoms with Gasteiger partial charge in [-0.1, -0.05) is 30.1 Å². The van der Waals surface area contributed by atoms with Gasteiger partial charge in [-0.2, -0.15) is 0 Å². The first-order valence-electron chi connectivity index (χ1n) is 9.61. The van der Waals surface area contributed by atoms with Crippen molar-refractivity contribution < 1.29 is 4.79 Å². The number of nitrogens with zero attached hydrogens (tertiary/aromatic N) is 4. The van der Waals surface area contributed by atoms with E-state index >= 15 is 0 Å². The fraction of sp³-hybridized carbons (Fsp3) is 0.381. The Balaban J connectivity index is 1.65. The first-order valence-corrected chi connectivity index (χ1v) is 10.4. The third kappa shape index (κ3) is 4.01. The number of rotatable bonds is 7. The highest BCUT2D eigenvalue weighted by atomic mass is 35.5. The van der Waals surface area contributed by atoms with Crippen LogP contribution in [0.5, 0.6) is 0 Å². The van der Waals surface area contributed by atoms with Crippen molar-refractivity contribution in [3.8, 4) is 0 Å². The van der Waals surface area contributed by atoms with Gasteiger partial charge in [-0.3, -0.25) is 4.79 Å². The molecule has 0 spiro atoms. The highest BCUT2D eigenvalue weighted by molar-refractivity contribution is 6.42. The molecule has 1 fully saturated rings. The van der Waals surface area contributed by atoms with E-state index in [1.165, 1.54) is 12.8 Å². The molecule has 0 atom stereocenters. The summed E-state index contributed by atoms with van der Waals surface area (Å²) in [7, 11) is 0. The van der Waals surface area contributed by atoms with Gasteiger partial charge in [-0.15, -0.1) is 0 Å². The van der Waals surface area contributed by atoms with E-state index in [1.54, 1.807) is 24.4 Å². The molecule has 1 aromatic carbocycles. The van der Waals surface area contributed by atoms with Crippen molar-refractivity contribution in [1.29, 1.82) is 0 Å². The predicted octanol–water partition coefficient (Wildman–Crippen LogP) is 5.20. The van der Waals surface area contributed by atoms with E-state index in [4.69, 9.17) is 28.2 Å². The minimum atomic E-state index is -0.0709. The average Bonchev–Trinajstić information content (AvgIpc) is 3.45. The quantitative estimate of drug-likeness (QED) is 0.531. The molecule has 0 N–H and O–H groups in total. The first kappa shape index (κ1) is 19.2. The number of hydrogen-bond acceptors (Lipinski definition) is 3. The average molecular weight is 417 g/mol. The SMILES string of the molecule is CCCN(Cc1nc2cccnc2n1CC1CC1)C(=O)c1ccc(Cl)c(Cl)c1. The van der Waals surface area contributed by atoms with Gasteiger partial charge in [0.25, 0.3) is 5.91 Å². The molecule has 28 heavy (non-hydrogen) atoms. The van der Waals surface area contributed by atoms with Gasteiger partial charge in [0.05, 0.1) is 16.6 Å². The smallest absolute Gasteiger partial charge is 0.254 e. The zero-order chi connectivity index (χ0) is 19.7. The highest BCUT2D eigenvalue weighted by Crippen LogP contribution is 2.32. The molecule has 0 unspecified atom stereocenters. The van der Waals surface area contributed by atoms with E-state index in [2.05, 4.69) is 16.5 Å². The molecule has 7 heteroatoms. The van der Waals surface area contributed by atoms with Crippen molar-refractivity contribution in [2.24, 2.45) is 5.92 Å². The maximum absolute atomic E-state index is 13.1. The molecule has 0 saturated heterocycles. The fourth-order valence-electron chi connectivity index (χ4n) is 3.38. The van der Waals surface area contributed by atoms with Crippen molar-refractivity contribution in [2.45, 2.75) is 39.3 Å². The number of pyridine rings is 1. The number of aromatic nitrogens is 3. The number of amides is 1. The number of benzene rings is 1. The number of imidazole rings is 1. The third-order valence-electron chi connectivity index (χ3n) is 5.00. The fourth-order valence-corrected chi connectivity index (χ4v) is 3.68. The monoisotopic (exact) mass is 416 g/mol. The lowest BCUT2D eigenvalue weighted by molar-refractivity contribution is 0.0737. The zero-order valence-electron chi connectivity index (χ0n) is 15.7.